The van der Waals surface area contributed by atoms with Crippen LogP contribution in [0.1, 0.15) is 10.4 Å². The molecule has 1 amide bonds. The number of rotatable bonds is 0. The highest BCUT2D eigenvalue weighted by Gasteiger charge is 2.20. The maximum atomic E-state index is 11.2. The lowest BCUT2D eigenvalue weighted by Crippen LogP contribution is -2.44. The van der Waals surface area contributed by atoms with E-state index in [2.05, 4.69) is 20.6 Å². The lowest BCUT2D eigenvalue weighted by atomic mass is 10.1. The van der Waals surface area contributed by atoms with Crippen LogP contribution in [0.2, 0.25) is 10.4 Å². The van der Waals surface area contributed by atoms with E-state index in [4.69, 9.17) is 28.3 Å². The third-order valence-electron chi connectivity index (χ3n) is 3.26. The number of para-hydroxylation sites is 2. The van der Waals surface area contributed by atoms with Crippen molar-refractivity contribution in [2.24, 2.45) is 0 Å². The average Bonchev–Trinajstić information content (AvgIpc) is 2.55. The molecule has 2 aromatic carbocycles. The third kappa shape index (κ3) is 3.56. The number of amides is 1. The second-order valence-electron chi connectivity index (χ2n) is 4.87. The van der Waals surface area contributed by atoms with Gasteiger partial charge in [-0.15, -0.1) is 0 Å². The summed E-state index contributed by atoms with van der Waals surface area (Å²) < 4.78 is 0. The van der Waals surface area contributed by atoms with Crippen molar-refractivity contribution in [3.8, 4) is 0 Å². The fourth-order valence-corrected chi connectivity index (χ4v) is 2.66. The third-order valence-corrected chi connectivity index (χ3v) is 3.72. The van der Waals surface area contributed by atoms with Gasteiger partial charge < -0.3 is 15.7 Å². The number of nitrogens with one attached hydrogen (secondary N) is 2. The van der Waals surface area contributed by atoms with Crippen LogP contribution < -0.4 is 10.6 Å². The number of fused-ring (bicyclic) bond motifs is 2. The smallest absolute Gasteiger partial charge is 0.256 e. The van der Waals surface area contributed by atoms with E-state index in [1.807, 2.05) is 24.3 Å². The molecule has 0 saturated heterocycles. The Morgan fingerprint density at radius 1 is 0.958 bits per heavy atom. The van der Waals surface area contributed by atoms with E-state index in [1.54, 1.807) is 24.3 Å². The molecule has 122 valence electrons. The zero-order chi connectivity index (χ0) is 17.1. The number of aromatic nitrogens is 2. The first-order chi connectivity index (χ1) is 11.5. The number of hydrogen-bond acceptors (Lipinski definition) is 5. The first-order valence-corrected chi connectivity index (χ1v) is 7.72. The minimum absolute atomic E-state index is 0.179. The van der Waals surface area contributed by atoms with Gasteiger partial charge in [0, 0.05) is 5.39 Å². The molecule has 0 fully saturated rings. The van der Waals surface area contributed by atoms with Crippen molar-refractivity contribution in [2.45, 2.75) is 6.35 Å². The van der Waals surface area contributed by atoms with Gasteiger partial charge in [-0.25, -0.2) is 9.97 Å². The number of hydrogen-bond donors (Lipinski definition) is 3. The van der Waals surface area contributed by atoms with E-state index in [0.717, 1.165) is 10.9 Å². The SMILES string of the molecule is Clc1nc(Cl)c2ccccc2n1.O=C1NC(O)Nc2ccccc21. The van der Waals surface area contributed by atoms with Crippen LogP contribution in [0.15, 0.2) is 48.5 Å². The minimum atomic E-state index is -0.979. The molecule has 1 unspecified atom stereocenters. The molecular weight excluding hydrogens is 351 g/mol. The van der Waals surface area contributed by atoms with Crippen molar-refractivity contribution >= 4 is 45.7 Å². The summed E-state index contributed by atoms with van der Waals surface area (Å²) in [6, 6.07) is 14.5. The molecule has 24 heavy (non-hydrogen) atoms. The van der Waals surface area contributed by atoms with Crippen LogP contribution in [-0.4, -0.2) is 27.3 Å². The Hall–Kier alpha value is -2.41. The van der Waals surface area contributed by atoms with Crippen molar-refractivity contribution in [3.05, 3.63) is 64.5 Å². The summed E-state index contributed by atoms with van der Waals surface area (Å²) in [5.74, 6) is -0.253. The first kappa shape index (κ1) is 16.4. The summed E-state index contributed by atoms with van der Waals surface area (Å²) >= 11 is 11.4. The van der Waals surface area contributed by atoms with Crippen LogP contribution >= 0.6 is 23.2 Å². The highest BCUT2D eigenvalue weighted by Crippen LogP contribution is 2.21. The Morgan fingerprint density at radius 3 is 2.50 bits per heavy atom. The molecule has 3 N–H and O–H groups in total. The first-order valence-electron chi connectivity index (χ1n) is 6.97. The molecule has 0 spiro atoms. The van der Waals surface area contributed by atoms with Crippen molar-refractivity contribution in [1.29, 1.82) is 0 Å². The van der Waals surface area contributed by atoms with Crippen LogP contribution in [0.3, 0.4) is 0 Å². The fourth-order valence-electron chi connectivity index (χ4n) is 2.20. The number of anilines is 1. The van der Waals surface area contributed by atoms with Crippen LogP contribution in [0.5, 0.6) is 0 Å². The Labute approximate surface area is 147 Å². The highest BCUT2D eigenvalue weighted by molar-refractivity contribution is 6.35. The molecule has 8 heteroatoms. The maximum Gasteiger partial charge on any atom is 0.256 e. The van der Waals surface area contributed by atoms with E-state index in [9.17, 15) is 4.79 Å². The second kappa shape index (κ2) is 7.00. The number of nitrogens with zero attached hydrogens (tertiary/aromatic N) is 2. The maximum absolute atomic E-state index is 11.2. The van der Waals surface area contributed by atoms with Crippen molar-refractivity contribution in [3.63, 3.8) is 0 Å². The molecule has 6 nitrogen and oxygen atoms in total. The molecule has 1 aromatic heterocycles. The summed E-state index contributed by atoms with van der Waals surface area (Å²) in [5, 5.41) is 15.5. The van der Waals surface area contributed by atoms with Gasteiger partial charge in [-0.1, -0.05) is 35.9 Å². The van der Waals surface area contributed by atoms with E-state index in [0.29, 0.717) is 16.4 Å². The molecular formula is C16H12Cl2N4O2. The molecule has 2 heterocycles. The highest BCUT2D eigenvalue weighted by atomic mass is 35.5. The summed E-state index contributed by atoms with van der Waals surface area (Å²) in [7, 11) is 0. The van der Waals surface area contributed by atoms with Crippen LogP contribution in [-0.2, 0) is 0 Å². The van der Waals surface area contributed by atoms with Gasteiger partial charge in [-0.05, 0) is 35.9 Å². The monoisotopic (exact) mass is 362 g/mol. The average molecular weight is 363 g/mol. The summed E-state index contributed by atoms with van der Waals surface area (Å²) in [6.45, 7) is 0. The molecule has 0 radical (unpaired) electrons. The van der Waals surface area contributed by atoms with E-state index >= 15 is 0 Å². The van der Waals surface area contributed by atoms with Crippen LogP contribution in [0.25, 0.3) is 10.9 Å². The minimum Gasteiger partial charge on any atom is -0.356 e. The number of halogens is 2. The van der Waals surface area contributed by atoms with Crippen molar-refractivity contribution in [2.75, 3.05) is 5.32 Å². The van der Waals surface area contributed by atoms with Gasteiger partial charge in [0.2, 0.25) is 11.6 Å². The van der Waals surface area contributed by atoms with Crippen LogP contribution in [0.4, 0.5) is 5.69 Å². The largest absolute Gasteiger partial charge is 0.356 e. The molecule has 4 rings (SSSR count). The number of aliphatic hydroxyl groups excluding tert-OH is 1. The van der Waals surface area contributed by atoms with Gasteiger partial charge in [0.1, 0.15) is 5.15 Å². The normalized spacial score (nSPS) is 15.6. The second-order valence-corrected chi connectivity index (χ2v) is 5.56. The quantitative estimate of drug-likeness (QED) is 0.422. The van der Waals surface area contributed by atoms with E-state index in [-0.39, 0.29) is 11.2 Å². The van der Waals surface area contributed by atoms with Gasteiger partial charge in [0.25, 0.3) is 5.91 Å². The molecule has 1 atom stereocenters. The van der Waals surface area contributed by atoms with Crippen molar-refractivity contribution < 1.29 is 9.90 Å². The van der Waals surface area contributed by atoms with Crippen LogP contribution in [0, 0.1) is 0 Å². The van der Waals surface area contributed by atoms with Gasteiger partial charge >= 0.3 is 0 Å². The topological polar surface area (TPSA) is 87.1 Å². The summed E-state index contributed by atoms with van der Waals surface area (Å²) in [4.78, 5) is 19.0. The number of carbonyl (C=O) groups is 1. The van der Waals surface area contributed by atoms with E-state index < -0.39 is 6.35 Å². The molecule has 0 saturated carbocycles. The van der Waals surface area contributed by atoms with Gasteiger partial charge in [-0.2, -0.15) is 0 Å². The summed E-state index contributed by atoms with van der Waals surface area (Å²) in [6.07, 6.45) is -0.979. The Kier molecular flexibility index (Phi) is 4.80. The lowest BCUT2D eigenvalue weighted by Gasteiger charge is -2.23. The van der Waals surface area contributed by atoms with E-state index in [1.165, 1.54) is 0 Å². The molecule has 0 bridgehead atoms. The molecule has 0 aliphatic carbocycles. The van der Waals surface area contributed by atoms with Crippen molar-refractivity contribution in [1.82, 2.24) is 15.3 Å². The Morgan fingerprint density at radius 2 is 1.67 bits per heavy atom. The Balaban J connectivity index is 0.000000141. The molecule has 1 aliphatic heterocycles. The predicted octanol–water partition coefficient (Wildman–Crippen LogP) is 3.05. The Bertz CT molecular complexity index is 904. The van der Waals surface area contributed by atoms with Gasteiger partial charge in [0.15, 0.2) is 0 Å². The number of benzene rings is 2. The molecule has 1 aliphatic rings. The predicted molar refractivity (Wildman–Crippen MR) is 93.1 cm³/mol. The fraction of sp³-hybridized carbons (Fsp3) is 0.0625. The lowest BCUT2D eigenvalue weighted by molar-refractivity contribution is 0.0813. The number of aliphatic hydroxyl groups is 1. The zero-order valence-electron chi connectivity index (χ0n) is 12.2. The molecule has 3 aromatic rings. The zero-order valence-corrected chi connectivity index (χ0v) is 13.7. The van der Waals surface area contributed by atoms with Gasteiger partial charge in [0.05, 0.1) is 16.8 Å². The summed E-state index contributed by atoms with van der Waals surface area (Å²) in [5.41, 5.74) is 1.99. The van der Waals surface area contributed by atoms with Gasteiger partial charge in [-0.3, -0.25) is 4.79 Å². The standard InChI is InChI=1S/C8H4Cl2N2.C8H8N2O2/c9-7-5-3-1-2-4-6(5)11-8(10)12-7;11-7-5-3-1-2-4-6(5)9-8(12)10-7/h1-4H;1-4,8-9,12H,(H,10,11). The number of carbonyl (C=O) groups excluding carboxylic acids is 1.